The summed E-state index contributed by atoms with van der Waals surface area (Å²) in [6.45, 7) is -0.254. The van der Waals surface area contributed by atoms with E-state index in [2.05, 4.69) is 10.5 Å². The van der Waals surface area contributed by atoms with E-state index >= 15 is 0 Å². The van der Waals surface area contributed by atoms with E-state index in [9.17, 15) is 14.9 Å². The van der Waals surface area contributed by atoms with Crippen LogP contribution in [0, 0.1) is 10.1 Å². The van der Waals surface area contributed by atoms with Crippen LogP contribution in [0.25, 0.3) is 0 Å². The topological polar surface area (TPSA) is 93.8 Å². The van der Waals surface area contributed by atoms with Gasteiger partial charge >= 0.3 is 0 Å². The summed E-state index contributed by atoms with van der Waals surface area (Å²) in [6.07, 6.45) is 1.31. The number of carbonyl (C=O) groups excluding carboxylic acids is 1. The van der Waals surface area contributed by atoms with Crippen molar-refractivity contribution < 1.29 is 14.5 Å². The molecule has 118 valence electrons. The number of benzene rings is 2. The lowest BCUT2D eigenvalue weighted by Crippen LogP contribution is -2.24. The van der Waals surface area contributed by atoms with Crippen LogP contribution < -0.4 is 10.2 Å². The van der Waals surface area contributed by atoms with Crippen LogP contribution in [0.2, 0.25) is 5.02 Å². The Labute approximate surface area is 136 Å². The van der Waals surface area contributed by atoms with E-state index in [-0.39, 0.29) is 12.3 Å². The average molecular weight is 334 g/mol. The molecule has 0 unspecified atom stereocenters. The summed E-state index contributed by atoms with van der Waals surface area (Å²) in [7, 11) is 0. The number of nitrogens with one attached hydrogen (secondary N) is 1. The van der Waals surface area contributed by atoms with Gasteiger partial charge in [0.25, 0.3) is 11.6 Å². The maximum absolute atomic E-state index is 11.6. The normalized spacial score (nSPS) is 10.5. The summed E-state index contributed by atoms with van der Waals surface area (Å²) in [5.41, 5.74) is 2.70. The van der Waals surface area contributed by atoms with Crippen molar-refractivity contribution in [2.45, 2.75) is 0 Å². The molecule has 0 heterocycles. The minimum absolute atomic E-state index is 0.0534. The highest BCUT2D eigenvalue weighted by Crippen LogP contribution is 2.22. The molecule has 0 aromatic heterocycles. The summed E-state index contributed by atoms with van der Waals surface area (Å²) < 4.78 is 5.24. The van der Waals surface area contributed by atoms with Crippen molar-refractivity contribution in [3.05, 3.63) is 69.2 Å². The number of nitro benzene ring substituents is 1. The number of non-ortho nitro benzene ring substituents is 1. The number of nitrogens with zero attached hydrogens (tertiary/aromatic N) is 2. The fraction of sp³-hybridized carbons (Fsp3) is 0.0667. The predicted octanol–water partition coefficient (Wildman–Crippen LogP) is 2.78. The summed E-state index contributed by atoms with van der Waals surface area (Å²) in [5.74, 6) is -0.0846. The van der Waals surface area contributed by atoms with Crippen molar-refractivity contribution in [3.63, 3.8) is 0 Å². The van der Waals surface area contributed by atoms with Crippen molar-refractivity contribution >= 4 is 29.4 Å². The first-order chi connectivity index (χ1) is 11.1. The Kier molecular flexibility index (Phi) is 5.65. The number of hydrogen-bond donors (Lipinski definition) is 1. The van der Waals surface area contributed by atoms with E-state index in [1.165, 1.54) is 24.4 Å². The third-order valence-electron chi connectivity index (χ3n) is 2.68. The van der Waals surface area contributed by atoms with E-state index in [1.807, 2.05) is 0 Å². The zero-order valence-electron chi connectivity index (χ0n) is 11.8. The van der Waals surface area contributed by atoms with Gasteiger partial charge in [0.05, 0.1) is 16.2 Å². The Balaban J connectivity index is 1.85. The van der Waals surface area contributed by atoms with E-state index in [0.29, 0.717) is 16.3 Å². The molecule has 1 N–H and O–H groups in total. The second kappa shape index (κ2) is 7.90. The quantitative estimate of drug-likeness (QED) is 0.499. The molecule has 0 bridgehead atoms. The van der Waals surface area contributed by atoms with Crippen LogP contribution >= 0.6 is 11.6 Å². The molecule has 2 rings (SSSR count). The van der Waals surface area contributed by atoms with E-state index < -0.39 is 10.8 Å². The molecule has 2 aromatic carbocycles. The third kappa shape index (κ3) is 5.08. The molecule has 1 amide bonds. The standard InChI is InChI=1S/C15H12ClN3O4/c16-13-6-1-2-7-14(13)23-10-15(20)18-17-9-11-4-3-5-12(8-11)19(21)22/h1-9H,10H2,(H,18,20)/b17-9-. The van der Waals surface area contributed by atoms with E-state index in [0.717, 1.165) is 0 Å². The maximum Gasteiger partial charge on any atom is 0.277 e. The average Bonchev–Trinajstić information content (AvgIpc) is 2.54. The Morgan fingerprint density at radius 1 is 1.30 bits per heavy atom. The fourth-order valence-electron chi connectivity index (χ4n) is 1.63. The van der Waals surface area contributed by atoms with Gasteiger partial charge in [0, 0.05) is 17.7 Å². The van der Waals surface area contributed by atoms with Gasteiger partial charge in [-0.25, -0.2) is 5.43 Å². The molecular formula is C15H12ClN3O4. The maximum atomic E-state index is 11.6. The molecule has 0 saturated carbocycles. The molecule has 0 aliphatic carbocycles. The summed E-state index contributed by atoms with van der Waals surface area (Å²) in [6, 6.07) is 12.6. The number of nitro groups is 1. The van der Waals surface area contributed by atoms with Gasteiger partial charge in [0.2, 0.25) is 0 Å². The molecule has 0 atom stereocenters. The lowest BCUT2D eigenvalue weighted by Gasteiger charge is -2.06. The number of rotatable bonds is 6. The first-order valence-electron chi connectivity index (χ1n) is 6.50. The lowest BCUT2D eigenvalue weighted by molar-refractivity contribution is -0.384. The summed E-state index contributed by atoms with van der Waals surface area (Å²) >= 11 is 5.89. The molecule has 0 radical (unpaired) electrons. The summed E-state index contributed by atoms with van der Waals surface area (Å²) in [5, 5.41) is 14.8. The number of amides is 1. The van der Waals surface area contributed by atoms with Gasteiger partial charge in [0.15, 0.2) is 6.61 Å². The van der Waals surface area contributed by atoms with Crippen molar-refractivity contribution in [3.8, 4) is 5.75 Å². The molecule has 0 aliphatic heterocycles. The van der Waals surface area contributed by atoms with Crippen molar-refractivity contribution in [2.75, 3.05) is 6.61 Å². The number of halogens is 1. The first kappa shape index (κ1) is 16.4. The van der Waals surface area contributed by atoms with Crippen molar-refractivity contribution in [2.24, 2.45) is 5.10 Å². The smallest absolute Gasteiger partial charge is 0.277 e. The van der Waals surface area contributed by atoms with Crippen LogP contribution in [0.15, 0.2) is 53.6 Å². The largest absolute Gasteiger partial charge is 0.482 e. The monoisotopic (exact) mass is 333 g/mol. The van der Waals surface area contributed by atoms with Gasteiger partial charge in [-0.05, 0) is 12.1 Å². The molecule has 0 aliphatic rings. The highest BCUT2D eigenvalue weighted by Gasteiger charge is 2.05. The zero-order chi connectivity index (χ0) is 16.7. The van der Waals surface area contributed by atoms with Crippen LogP contribution in [-0.2, 0) is 4.79 Å². The van der Waals surface area contributed by atoms with Crippen molar-refractivity contribution in [1.29, 1.82) is 0 Å². The predicted molar refractivity (Wildman–Crippen MR) is 85.8 cm³/mol. The third-order valence-corrected chi connectivity index (χ3v) is 2.99. The van der Waals surface area contributed by atoms with Gasteiger partial charge in [-0.1, -0.05) is 35.9 Å². The van der Waals surface area contributed by atoms with Gasteiger partial charge in [-0.2, -0.15) is 5.10 Å². The lowest BCUT2D eigenvalue weighted by atomic mass is 10.2. The number of hydrogen-bond acceptors (Lipinski definition) is 5. The molecule has 2 aromatic rings. The number of hydrazone groups is 1. The van der Waals surface area contributed by atoms with Crippen LogP contribution in [0.1, 0.15) is 5.56 Å². The van der Waals surface area contributed by atoms with E-state index in [4.69, 9.17) is 16.3 Å². The first-order valence-corrected chi connectivity index (χ1v) is 6.88. The number of ether oxygens (including phenoxy) is 1. The summed E-state index contributed by atoms with van der Waals surface area (Å²) in [4.78, 5) is 21.7. The molecule has 7 nitrogen and oxygen atoms in total. The van der Waals surface area contributed by atoms with Gasteiger partial charge < -0.3 is 4.74 Å². The van der Waals surface area contributed by atoms with Gasteiger partial charge in [0.1, 0.15) is 5.75 Å². The van der Waals surface area contributed by atoms with Gasteiger partial charge in [-0.15, -0.1) is 0 Å². The minimum Gasteiger partial charge on any atom is -0.482 e. The molecular weight excluding hydrogens is 322 g/mol. The Morgan fingerprint density at radius 3 is 2.83 bits per heavy atom. The number of carbonyl (C=O) groups is 1. The number of para-hydroxylation sites is 1. The van der Waals surface area contributed by atoms with Crippen molar-refractivity contribution in [1.82, 2.24) is 5.43 Å². The van der Waals surface area contributed by atoms with E-state index in [1.54, 1.807) is 30.3 Å². The molecule has 8 heteroatoms. The second-order valence-electron chi connectivity index (χ2n) is 4.36. The molecule has 0 fully saturated rings. The Bertz CT molecular complexity index is 749. The van der Waals surface area contributed by atoms with Crippen LogP contribution in [0.3, 0.4) is 0 Å². The Morgan fingerprint density at radius 2 is 2.09 bits per heavy atom. The highest BCUT2D eigenvalue weighted by atomic mass is 35.5. The van der Waals surface area contributed by atoms with Crippen LogP contribution in [-0.4, -0.2) is 23.7 Å². The molecule has 0 spiro atoms. The molecule has 23 heavy (non-hydrogen) atoms. The molecule has 0 saturated heterocycles. The SMILES string of the molecule is O=C(COc1ccccc1Cl)N/N=C\c1cccc([N+](=O)[O-])c1. The highest BCUT2D eigenvalue weighted by molar-refractivity contribution is 6.32. The minimum atomic E-state index is -0.507. The Hall–Kier alpha value is -2.93. The second-order valence-corrected chi connectivity index (χ2v) is 4.77. The zero-order valence-corrected chi connectivity index (χ0v) is 12.6. The van der Waals surface area contributed by atoms with Crippen LogP contribution in [0.5, 0.6) is 5.75 Å². The fourth-order valence-corrected chi connectivity index (χ4v) is 1.83. The van der Waals surface area contributed by atoms with Gasteiger partial charge in [-0.3, -0.25) is 14.9 Å². The van der Waals surface area contributed by atoms with Crippen LogP contribution in [0.4, 0.5) is 5.69 Å².